The van der Waals surface area contributed by atoms with E-state index in [-0.39, 0.29) is 5.56 Å². The van der Waals surface area contributed by atoms with Gasteiger partial charge in [-0.3, -0.25) is 4.79 Å². The average molecular weight is 403 g/mol. The normalized spacial score (nSPS) is 11.3. The molecular formula is C16H16F3N3O4S. The summed E-state index contributed by atoms with van der Waals surface area (Å²) in [5.74, 6) is -0.799. The summed E-state index contributed by atoms with van der Waals surface area (Å²) in [6.45, 7) is 1.25. The smallest absolute Gasteiger partial charge is 0.405 e. The van der Waals surface area contributed by atoms with Crippen molar-refractivity contribution in [2.75, 3.05) is 13.2 Å². The number of nitrogens with one attached hydrogen (secondary N) is 1. The van der Waals surface area contributed by atoms with Crippen LogP contribution in [0.15, 0.2) is 27.9 Å². The molecule has 1 amide bonds. The fraction of sp³-hybridized carbons (Fsp3) is 0.375. The van der Waals surface area contributed by atoms with Gasteiger partial charge in [-0.05, 0) is 26.0 Å². The zero-order valence-corrected chi connectivity index (χ0v) is 15.2. The van der Waals surface area contributed by atoms with Gasteiger partial charge in [0.2, 0.25) is 0 Å². The Hall–Kier alpha value is -2.56. The van der Waals surface area contributed by atoms with Gasteiger partial charge < -0.3 is 14.6 Å². The molecule has 0 radical (unpaired) electrons. The molecule has 2 heterocycles. The number of ether oxygens (including phenoxy) is 1. The molecule has 0 aliphatic heterocycles. The van der Waals surface area contributed by atoms with E-state index in [1.54, 1.807) is 19.2 Å². The molecule has 0 aromatic carbocycles. The summed E-state index contributed by atoms with van der Waals surface area (Å²) in [6.07, 6.45) is -3.05. The van der Waals surface area contributed by atoms with Gasteiger partial charge in [-0.25, -0.2) is 9.78 Å². The van der Waals surface area contributed by atoms with Gasteiger partial charge >= 0.3 is 12.1 Å². The van der Waals surface area contributed by atoms with Crippen LogP contribution in [0.2, 0.25) is 0 Å². The second-order valence-corrected chi connectivity index (χ2v) is 6.38. The fourth-order valence-corrected chi connectivity index (χ4v) is 3.10. The quantitative estimate of drug-likeness (QED) is 0.561. The molecule has 0 aliphatic carbocycles. The number of carbonyl (C=O) groups excluding carboxylic acids is 2. The van der Waals surface area contributed by atoms with Gasteiger partial charge in [0.15, 0.2) is 6.61 Å². The van der Waals surface area contributed by atoms with E-state index in [9.17, 15) is 22.8 Å². The van der Waals surface area contributed by atoms with Gasteiger partial charge in [0.05, 0.1) is 11.3 Å². The van der Waals surface area contributed by atoms with Crippen molar-refractivity contribution in [3.63, 3.8) is 0 Å². The molecule has 0 saturated carbocycles. The summed E-state index contributed by atoms with van der Waals surface area (Å²) in [5, 5.41) is 5.82. The van der Waals surface area contributed by atoms with E-state index >= 15 is 0 Å². The average Bonchev–Trinajstić information content (AvgIpc) is 2.93. The van der Waals surface area contributed by atoms with Crippen LogP contribution in [0.1, 0.15) is 27.4 Å². The number of aryl methyl sites for hydroxylation is 2. The van der Waals surface area contributed by atoms with Crippen LogP contribution in [0.25, 0.3) is 0 Å². The van der Waals surface area contributed by atoms with Crippen molar-refractivity contribution in [3.05, 3.63) is 40.9 Å². The number of hydrogen-bond acceptors (Lipinski definition) is 7. The molecule has 146 valence electrons. The standard InChI is InChI=1S/C16H16F3N3O4S/c1-9-12(10(2)26-22-9)7-27-14-11(4-3-5-20-14)15(24)25-6-13(23)21-8-16(17,18)19/h3-5H,6-8H2,1-2H3,(H,21,23). The van der Waals surface area contributed by atoms with E-state index < -0.39 is 31.2 Å². The van der Waals surface area contributed by atoms with Gasteiger partial charge in [-0.1, -0.05) is 5.16 Å². The molecular weight excluding hydrogens is 387 g/mol. The monoisotopic (exact) mass is 403 g/mol. The Morgan fingerprint density at radius 2 is 2.07 bits per heavy atom. The Bertz CT molecular complexity index is 804. The fourth-order valence-electron chi connectivity index (χ4n) is 1.97. The van der Waals surface area contributed by atoms with E-state index in [1.807, 2.05) is 0 Å². The van der Waals surface area contributed by atoms with Crippen LogP contribution in [-0.4, -0.2) is 41.3 Å². The summed E-state index contributed by atoms with van der Waals surface area (Å²) >= 11 is 1.25. The topological polar surface area (TPSA) is 94.3 Å². The van der Waals surface area contributed by atoms with Gasteiger partial charge in [0.1, 0.15) is 17.3 Å². The molecule has 7 nitrogen and oxygen atoms in total. The lowest BCUT2D eigenvalue weighted by molar-refractivity contribution is -0.140. The molecule has 0 atom stereocenters. The number of aromatic nitrogens is 2. The van der Waals surface area contributed by atoms with Crippen LogP contribution in [0, 0.1) is 13.8 Å². The van der Waals surface area contributed by atoms with Crippen molar-refractivity contribution in [2.24, 2.45) is 0 Å². The Kier molecular flexibility index (Phi) is 6.83. The molecule has 2 aromatic heterocycles. The first kappa shape index (κ1) is 20.7. The third-order valence-corrected chi connectivity index (χ3v) is 4.38. The predicted octanol–water partition coefficient (Wildman–Crippen LogP) is 2.81. The summed E-state index contributed by atoms with van der Waals surface area (Å²) in [4.78, 5) is 27.6. The first-order valence-corrected chi connectivity index (χ1v) is 8.66. The number of amides is 1. The molecule has 0 unspecified atom stereocenters. The van der Waals surface area contributed by atoms with E-state index in [4.69, 9.17) is 9.26 Å². The molecule has 11 heteroatoms. The lowest BCUT2D eigenvalue weighted by Gasteiger charge is -2.10. The SMILES string of the molecule is Cc1noc(C)c1CSc1ncccc1C(=O)OCC(=O)NCC(F)(F)F. The van der Waals surface area contributed by atoms with Crippen LogP contribution in [0.4, 0.5) is 13.2 Å². The van der Waals surface area contributed by atoms with Crippen molar-refractivity contribution < 1.29 is 32.0 Å². The van der Waals surface area contributed by atoms with Crippen molar-refractivity contribution >= 4 is 23.6 Å². The van der Waals surface area contributed by atoms with Gasteiger partial charge in [0.25, 0.3) is 5.91 Å². The largest absolute Gasteiger partial charge is 0.452 e. The molecule has 2 rings (SSSR count). The number of alkyl halides is 3. The molecule has 0 aliphatic rings. The van der Waals surface area contributed by atoms with Crippen LogP contribution >= 0.6 is 11.8 Å². The first-order valence-electron chi connectivity index (χ1n) is 7.67. The Morgan fingerprint density at radius 1 is 1.33 bits per heavy atom. The maximum atomic E-state index is 12.2. The maximum Gasteiger partial charge on any atom is 0.405 e. The highest BCUT2D eigenvalue weighted by Crippen LogP contribution is 2.27. The second-order valence-electron chi connectivity index (χ2n) is 5.42. The van der Waals surface area contributed by atoms with Gasteiger partial charge in [-0.2, -0.15) is 13.2 Å². The predicted molar refractivity (Wildman–Crippen MR) is 89.1 cm³/mol. The van der Waals surface area contributed by atoms with Crippen molar-refractivity contribution in [1.29, 1.82) is 0 Å². The number of rotatable bonds is 7. The Morgan fingerprint density at radius 3 is 2.70 bits per heavy atom. The van der Waals surface area contributed by atoms with E-state index in [1.165, 1.54) is 30.1 Å². The number of carbonyl (C=O) groups is 2. The molecule has 0 saturated heterocycles. The van der Waals surface area contributed by atoms with E-state index in [0.717, 1.165) is 11.3 Å². The Balaban J connectivity index is 1.96. The van der Waals surface area contributed by atoms with Crippen molar-refractivity contribution in [2.45, 2.75) is 30.8 Å². The third kappa shape index (κ3) is 6.27. The van der Waals surface area contributed by atoms with Crippen LogP contribution < -0.4 is 5.32 Å². The number of halogens is 3. The van der Waals surface area contributed by atoms with E-state index in [0.29, 0.717) is 16.5 Å². The summed E-state index contributed by atoms with van der Waals surface area (Å²) in [5.41, 5.74) is 1.70. The number of pyridine rings is 1. The highest BCUT2D eigenvalue weighted by Gasteiger charge is 2.28. The minimum absolute atomic E-state index is 0.109. The minimum Gasteiger partial charge on any atom is -0.452 e. The minimum atomic E-state index is -4.54. The van der Waals surface area contributed by atoms with E-state index in [2.05, 4.69) is 10.1 Å². The second kappa shape index (κ2) is 8.89. The highest BCUT2D eigenvalue weighted by atomic mass is 32.2. The van der Waals surface area contributed by atoms with Crippen molar-refractivity contribution in [3.8, 4) is 0 Å². The zero-order valence-electron chi connectivity index (χ0n) is 14.4. The number of hydrogen-bond donors (Lipinski definition) is 1. The number of thioether (sulfide) groups is 1. The molecule has 0 spiro atoms. The summed E-state index contributed by atoms with van der Waals surface area (Å²) < 4.78 is 46.0. The summed E-state index contributed by atoms with van der Waals surface area (Å²) in [6, 6.07) is 2.97. The lowest BCUT2D eigenvalue weighted by Crippen LogP contribution is -2.36. The molecule has 27 heavy (non-hydrogen) atoms. The molecule has 0 fully saturated rings. The van der Waals surface area contributed by atoms with Gasteiger partial charge in [-0.15, -0.1) is 11.8 Å². The summed E-state index contributed by atoms with van der Waals surface area (Å²) in [7, 11) is 0. The number of esters is 1. The van der Waals surface area contributed by atoms with Crippen LogP contribution in [0.3, 0.4) is 0 Å². The highest BCUT2D eigenvalue weighted by molar-refractivity contribution is 7.98. The molecule has 0 bridgehead atoms. The lowest BCUT2D eigenvalue weighted by atomic mass is 10.2. The van der Waals surface area contributed by atoms with Crippen LogP contribution in [-0.2, 0) is 15.3 Å². The number of nitrogens with zero attached hydrogens (tertiary/aromatic N) is 2. The maximum absolute atomic E-state index is 12.2. The molecule has 1 N–H and O–H groups in total. The van der Waals surface area contributed by atoms with Crippen molar-refractivity contribution in [1.82, 2.24) is 15.5 Å². The van der Waals surface area contributed by atoms with Gasteiger partial charge in [0, 0.05) is 17.5 Å². The first-order chi connectivity index (χ1) is 12.7. The third-order valence-electron chi connectivity index (χ3n) is 3.35. The van der Waals surface area contributed by atoms with Crippen LogP contribution in [0.5, 0.6) is 0 Å². The molecule has 2 aromatic rings. The Labute approximate surface area is 156 Å². The zero-order chi connectivity index (χ0) is 20.0.